The molecule has 1 atom stereocenters. The van der Waals surface area contributed by atoms with Gasteiger partial charge in [0.15, 0.2) is 5.75 Å². The van der Waals surface area contributed by atoms with Gasteiger partial charge < -0.3 is 14.6 Å². The molecule has 1 saturated heterocycles. The van der Waals surface area contributed by atoms with Gasteiger partial charge in [0.1, 0.15) is 6.61 Å². The lowest BCUT2D eigenvalue weighted by Crippen LogP contribution is -2.34. The van der Waals surface area contributed by atoms with Crippen LogP contribution in [0.2, 0.25) is 0 Å². The molecule has 1 fully saturated rings. The Labute approximate surface area is 130 Å². The van der Waals surface area contributed by atoms with E-state index in [1.54, 1.807) is 10.6 Å². The lowest BCUT2D eigenvalue weighted by molar-refractivity contribution is 0.292. The van der Waals surface area contributed by atoms with Crippen LogP contribution < -0.4 is 15.6 Å². The van der Waals surface area contributed by atoms with Crippen LogP contribution in [0.5, 0.6) is 5.75 Å². The van der Waals surface area contributed by atoms with Gasteiger partial charge in [0.25, 0.3) is 5.56 Å². The number of aromatic nitrogens is 1. The number of nitrogens with zero attached hydrogens (tertiary/aromatic N) is 1. The average Bonchev–Trinajstić information content (AvgIpc) is 2.58. The zero-order valence-electron chi connectivity index (χ0n) is 12.7. The van der Waals surface area contributed by atoms with Gasteiger partial charge in [-0.2, -0.15) is 0 Å². The number of benzene rings is 1. The first-order valence-corrected chi connectivity index (χ1v) is 7.90. The van der Waals surface area contributed by atoms with E-state index in [0.717, 1.165) is 25.2 Å². The van der Waals surface area contributed by atoms with E-state index in [1.165, 1.54) is 12.8 Å². The molecule has 0 amide bonds. The summed E-state index contributed by atoms with van der Waals surface area (Å²) in [5.74, 6) is 0.950. The van der Waals surface area contributed by atoms with E-state index < -0.39 is 0 Å². The highest BCUT2D eigenvalue weighted by Gasteiger charge is 2.15. The second kappa shape index (κ2) is 7.27. The maximum atomic E-state index is 12.5. The zero-order valence-corrected chi connectivity index (χ0v) is 12.7. The van der Waals surface area contributed by atoms with Crippen LogP contribution in [-0.2, 0) is 13.2 Å². The van der Waals surface area contributed by atoms with Crippen molar-refractivity contribution >= 4 is 0 Å². The third-order valence-electron chi connectivity index (χ3n) is 4.08. The first-order valence-electron chi connectivity index (χ1n) is 7.90. The fourth-order valence-electron chi connectivity index (χ4n) is 2.86. The highest BCUT2D eigenvalue weighted by Crippen LogP contribution is 2.13. The minimum atomic E-state index is -0.0380. The zero-order chi connectivity index (χ0) is 15.2. The monoisotopic (exact) mass is 298 g/mol. The summed E-state index contributed by atoms with van der Waals surface area (Å²) >= 11 is 0. The second-order valence-corrected chi connectivity index (χ2v) is 5.82. The van der Waals surface area contributed by atoms with E-state index in [2.05, 4.69) is 5.32 Å². The molecule has 0 aliphatic carbocycles. The number of piperidine rings is 1. The topological polar surface area (TPSA) is 43.3 Å². The van der Waals surface area contributed by atoms with Crippen LogP contribution in [0.25, 0.3) is 0 Å². The molecular formula is C18H22N2O2. The van der Waals surface area contributed by atoms with Crippen molar-refractivity contribution in [3.05, 3.63) is 64.6 Å². The van der Waals surface area contributed by atoms with Gasteiger partial charge in [-0.3, -0.25) is 4.79 Å². The normalized spacial score (nSPS) is 18.1. The molecule has 4 heteroatoms. The Balaban J connectivity index is 1.67. The first kappa shape index (κ1) is 14.9. The molecule has 2 aromatic rings. The summed E-state index contributed by atoms with van der Waals surface area (Å²) in [7, 11) is 0. The largest absolute Gasteiger partial charge is 0.483 e. The predicted octanol–water partition coefficient (Wildman–Crippen LogP) is 2.43. The molecule has 1 aliphatic heterocycles. The number of hydrogen-bond acceptors (Lipinski definition) is 3. The lowest BCUT2D eigenvalue weighted by atomic mass is 10.00. The van der Waals surface area contributed by atoms with E-state index >= 15 is 0 Å². The van der Waals surface area contributed by atoms with Gasteiger partial charge in [-0.15, -0.1) is 0 Å². The van der Waals surface area contributed by atoms with Crippen LogP contribution in [0.1, 0.15) is 18.4 Å². The number of ether oxygens (including phenoxy) is 1. The Morgan fingerprint density at radius 3 is 2.82 bits per heavy atom. The molecular weight excluding hydrogens is 276 g/mol. The van der Waals surface area contributed by atoms with Gasteiger partial charge in [0.05, 0.1) is 0 Å². The van der Waals surface area contributed by atoms with Crippen molar-refractivity contribution in [2.24, 2.45) is 5.92 Å². The average molecular weight is 298 g/mol. The molecule has 1 aliphatic rings. The Bertz CT molecular complexity index is 646. The van der Waals surface area contributed by atoms with Crippen molar-refractivity contribution in [1.29, 1.82) is 0 Å². The van der Waals surface area contributed by atoms with Crippen LogP contribution in [0.4, 0.5) is 0 Å². The molecule has 4 nitrogen and oxygen atoms in total. The fourth-order valence-corrected chi connectivity index (χ4v) is 2.86. The summed E-state index contributed by atoms with van der Waals surface area (Å²) < 4.78 is 7.48. The van der Waals surface area contributed by atoms with E-state index in [4.69, 9.17) is 4.74 Å². The molecule has 22 heavy (non-hydrogen) atoms. The Morgan fingerprint density at radius 2 is 2.05 bits per heavy atom. The predicted molar refractivity (Wildman–Crippen MR) is 87.1 cm³/mol. The highest BCUT2D eigenvalue weighted by molar-refractivity contribution is 5.19. The Morgan fingerprint density at radius 1 is 1.18 bits per heavy atom. The molecule has 1 unspecified atom stereocenters. The van der Waals surface area contributed by atoms with Gasteiger partial charge in [0.2, 0.25) is 0 Å². The summed E-state index contributed by atoms with van der Waals surface area (Å²) in [6, 6.07) is 13.5. The van der Waals surface area contributed by atoms with Crippen molar-refractivity contribution in [2.75, 3.05) is 13.1 Å². The fraction of sp³-hybridized carbons (Fsp3) is 0.389. The summed E-state index contributed by atoms with van der Waals surface area (Å²) in [6.45, 7) is 3.26. The maximum Gasteiger partial charge on any atom is 0.292 e. The highest BCUT2D eigenvalue weighted by atomic mass is 16.5. The molecule has 0 radical (unpaired) electrons. The number of pyridine rings is 1. The van der Waals surface area contributed by atoms with Gasteiger partial charge in [-0.05, 0) is 49.5 Å². The molecule has 1 aromatic carbocycles. The maximum absolute atomic E-state index is 12.5. The van der Waals surface area contributed by atoms with E-state index in [9.17, 15) is 4.79 Å². The lowest BCUT2D eigenvalue weighted by Gasteiger charge is -2.23. The van der Waals surface area contributed by atoms with E-state index in [0.29, 0.717) is 18.3 Å². The summed E-state index contributed by atoms with van der Waals surface area (Å²) in [6.07, 6.45) is 4.21. The third-order valence-corrected chi connectivity index (χ3v) is 4.08. The summed E-state index contributed by atoms with van der Waals surface area (Å²) in [5, 5.41) is 3.39. The number of nitrogens with one attached hydrogen (secondary N) is 1. The molecule has 2 heterocycles. The van der Waals surface area contributed by atoms with Gasteiger partial charge in [-0.1, -0.05) is 30.3 Å². The van der Waals surface area contributed by atoms with Gasteiger partial charge >= 0.3 is 0 Å². The number of rotatable bonds is 5. The van der Waals surface area contributed by atoms with Crippen molar-refractivity contribution in [1.82, 2.24) is 9.88 Å². The van der Waals surface area contributed by atoms with Crippen molar-refractivity contribution in [2.45, 2.75) is 26.0 Å². The number of hydrogen-bond donors (Lipinski definition) is 1. The van der Waals surface area contributed by atoms with Gasteiger partial charge in [-0.25, -0.2) is 0 Å². The second-order valence-electron chi connectivity index (χ2n) is 5.82. The molecule has 1 aromatic heterocycles. The standard InChI is InChI=1S/C18H22N2O2/c21-18-17(22-14-15-6-2-1-3-7-15)9-5-11-20(18)13-16-8-4-10-19-12-16/h1-3,5-7,9,11,16,19H,4,8,10,12-14H2. The Kier molecular flexibility index (Phi) is 4.91. The molecule has 116 valence electrons. The molecule has 0 saturated carbocycles. The van der Waals surface area contributed by atoms with Crippen molar-refractivity contribution in [3.63, 3.8) is 0 Å². The van der Waals surface area contributed by atoms with E-state index in [1.807, 2.05) is 42.6 Å². The summed E-state index contributed by atoms with van der Waals surface area (Å²) in [5.41, 5.74) is 1.03. The molecule has 3 rings (SSSR count). The molecule has 1 N–H and O–H groups in total. The van der Waals surface area contributed by atoms with E-state index in [-0.39, 0.29) is 5.56 Å². The molecule has 0 spiro atoms. The van der Waals surface area contributed by atoms with Crippen LogP contribution in [0.3, 0.4) is 0 Å². The van der Waals surface area contributed by atoms with Crippen molar-refractivity contribution < 1.29 is 4.74 Å². The quantitative estimate of drug-likeness (QED) is 0.922. The first-order chi connectivity index (χ1) is 10.8. The molecule has 0 bridgehead atoms. The summed E-state index contributed by atoms with van der Waals surface area (Å²) in [4.78, 5) is 12.5. The minimum Gasteiger partial charge on any atom is -0.483 e. The smallest absolute Gasteiger partial charge is 0.292 e. The van der Waals surface area contributed by atoms with Crippen LogP contribution in [0.15, 0.2) is 53.5 Å². The Hall–Kier alpha value is -2.07. The van der Waals surface area contributed by atoms with Gasteiger partial charge in [0, 0.05) is 12.7 Å². The van der Waals surface area contributed by atoms with Crippen molar-refractivity contribution in [3.8, 4) is 5.75 Å². The van der Waals surface area contributed by atoms with Crippen LogP contribution >= 0.6 is 0 Å². The minimum absolute atomic E-state index is 0.0380. The SMILES string of the molecule is O=c1c(OCc2ccccc2)cccn1CC1CCCNC1. The van der Waals surface area contributed by atoms with Crippen LogP contribution in [0, 0.1) is 5.92 Å². The van der Waals surface area contributed by atoms with Crippen LogP contribution in [-0.4, -0.2) is 17.7 Å². The third kappa shape index (κ3) is 3.77.